The second kappa shape index (κ2) is 10.3. The summed E-state index contributed by atoms with van der Waals surface area (Å²) in [5, 5.41) is 12.7. The van der Waals surface area contributed by atoms with Crippen molar-refractivity contribution in [1.29, 1.82) is 5.26 Å². The molecule has 4 rings (SSSR count). The second-order valence-electron chi connectivity index (χ2n) is 7.32. The predicted molar refractivity (Wildman–Crippen MR) is 133 cm³/mol. The lowest BCUT2D eigenvalue weighted by Crippen LogP contribution is -2.30. The van der Waals surface area contributed by atoms with Gasteiger partial charge in [0, 0.05) is 10.7 Å². The van der Waals surface area contributed by atoms with Crippen LogP contribution in [0.1, 0.15) is 5.56 Å². The molecule has 1 N–H and O–H groups in total. The van der Waals surface area contributed by atoms with Crippen LogP contribution in [0.25, 0.3) is 0 Å². The van der Waals surface area contributed by atoms with E-state index in [9.17, 15) is 19.2 Å². The highest BCUT2D eigenvalue weighted by Crippen LogP contribution is 2.42. The number of anilines is 2. The van der Waals surface area contributed by atoms with Crippen molar-refractivity contribution < 1.29 is 14.0 Å². The average Bonchev–Trinajstić information content (AvgIpc) is 3.14. The van der Waals surface area contributed by atoms with E-state index in [-0.39, 0.29) is 33.0 Å². The highest BCUT2D eigenvalue weighted by atomic mass is 35.5. The maximum atomic E-state index is 13.4. The SMILES string of the molecule is N#C/C(C(=O)Nc1cc(Cl)ccc1Cl)=C1/SC(Cc2ccc(F)cc2)C(=O)N1c1ccccc1. The van der Waals surface area contributed by atoms with Crippen LogP contribution < -0.4 is 10.2 Å². The van der Waals surface area contributed by atoms with Gasteiger partial charge in [-0.05, 0) is 54.4 Å². The van der Waals surface area contributed by atoms with Crippen LogP contribution in [0, 0.1) is 17.1 Å². The Kier molecular flexibility index (Phi) is 7.23. The molecule has 0 aliphatic carbocycles. The number of hydrogen-bond acceptors (Lipinski definition) is 4. The Morgan fingerprint density at radius 1 is 1.09 bits per heavy atom. The Labute approximate surface area is 209 Å². The number of nitrogens with one attached hydrogen (secondary N) is 1. The summed E-state index contributed by atoms with van der Waals surface area (Å²) in [6.07, 6.45) is 0.303. The van der Waals surface area contributed by atoms with Crippen molar-refractivity contribution in [2.45, 2.75) is 11.7 Å². The molecule has 1 saturated heterocycles. The summed E-state index contributed by atoms with van der Waals surface area (Å²) in [7, 11) is 0. The molecule has 1 atom stereocenters. The molecule has 0 spiro atoms. The zero-order valence-corrected chi connectivity index (χ0v) is 19.8. The van der Waals surface area contributed by atoms with E-state index in [1.165, 1.54) is 29.2 Å². The van der Waals surface area contributed by atoms with E-state index in [2.05, 4.69) is 5.32 Å². The van der Waals surface area contributed by atoms with Crippen LogP contribution in [-0.4, -0.2) is 17.1 Å². The standard InChI is InChI=1S/C25H16Cl2FN3O2S/c26-16-8-11-20(27)21(13-16)30-23(32)19(14-29)25-31(18-4-2-1-3-5-18)24(33)22(34-25)12-15-6-9-17(28)10-7-15/h1-11,13,22H,12H2,(H,30,32)/b25-19-. The average molecular weight is 512 g/mol. The molecule has 2 amide bonds. The lowest BCUT2D eigenvalue weighted by Gasteiger charge is -2.18. The Bertz CT molecular complexity index is 1320. The van der Waals surface area contributed by atoms with Crippen LogP contribution >= 0.6 is 35.0 Å². The summed E-state index contributed by atoms with van der Waals surface area (Å²) in [5.41, 5.74) is 1.30. The Morgan fingerprint density at radius 3 is 2.47 bits per heavy atom. The molecule has 0 bridgehead atoms. The third-order valence-electron chi connectivity index (χ3n) is 5.03. The van der Waals surface area contributed by atoms with Gasteiger partial charge in [0.25, 0.3) is 5.91 Å². The minimum absolute atomic E-state index is 0.210. The van der Waals surface area contributed by atoms with Crippen LogP contribution in [-0.2, 0) is 16.0 Å². The summed E-state index contributed by atoms with van der Waals surface area (Å²) in [5.74, 6) is -1.37. The van der Waals surface area contributed by atoms with Gasteiger partial charge in [-0.1, -0.05) is 65.3 Å². The van der Waals surface area contributed by atoms with Gasteiger partial charge in [-0.3, -0.25) is 14.5 Å². The third-order valence-corrected chi connectivity index (χ3v) is 6.86. The van der Waals surface area contributed by atoms with Gasteiger partial charge in [0.2, 0.25) is 5.91 Å². The van der Waals surface area contributed by atoms with Gasteiger partial charge in [0.1, 0.15) is 22.5 Å². The fraction of sp³-hybridized carbons (Fsp3) is 0.0800. The Balaban J connectivity index is 1.72. The van der Waals surface area contributed by atoms with Crippen molar-refractivity contribution in [3.63, 3.8) is 0 Å². The number of hydrogen-bond donors (Lipinski definition) is 1. The van der Waals surface area contributed by atoms with Gasteiger partial charge >= 0.3 is 0 Å². The van der Waals surface area contributed by atoms with Gasteiger partial charge in [0.15, 0.2) is 0 Å². The number of amides is 2. The number of carbonyl (C=O) groups is 2. The molecule has 1 unspecified atom stereocenters. The number of nitriles is 1. The maximum Gasteiger partial charge on any atom is 0.269 e. The number of nitrogens with zero attached hydrogens (tertiary/aromatic N) is 2. The second-order valence-corrected chi connectivity index (χ2v) is 9.35. The van der Waals surface area contributed by atoms with Crippen molar-refractivity contribution in [2.75, 3.05) is 10.2 Å². The fourth-order valence-corrected chi connectivity index (χ4v) is 5.06. The molecule has 1 aliphatic rings. The smallest absolute Gasteiger partial charge is 0.269 e. The van der Waals surface area contributed by atoms with Crippen LogP contribution in [0.3, 0.4) is 0 Å². The molecule has 0 aromatic heterocycles. The number of carbonyl (C=O) groups excluding carboxylic acids is 2. The molecule has 34 heavy (non-hydrogen) atoms. The van der Waals surface area contributed by atoms with Crippen LogP contribution in [0.2, 0.25) is 10.0 Å². The highest BCUT2D eigenvalue weighted by Gasteiger charge is 2.40. The fourth-order valence-electron chi connectivity index (χ4n) is 3.41. The van der Waals surface area contributed by atoms with E-state index >= 15 is 0 Å². The molecular weight excluding hydrogens is 496 g/mol. The van der Waals surface area contributed by atoms with Gasteiger partial charge in [-0.25, -0.2) is 4.39 Å². The normalized spacial score (nSPS) is 16.8. The molecule has 1 heterocycles. The quantitative estimate of drug-likeness (QED) is 0.327. The minimum Gasteiger partial charge on any atom is -0.320 e. The number of rotatable bonds is 5. The first kappa shape index (κ1) is 23.8. The zero-order valence-electron chi connectivity index (χ0n) is 17.5. The minimum atomic E-state index is -0.717. The summed E-state index contributed by atoms with van der Waals surface area (Å²) >= 11 is 13.3. The molecule has 0 radical (unpaired) electrons. The van der Waals surface area contributed by atoms with Crippen molar-refractivity contribution >= 4 is 58.2 Å². The molecule has 3 aromatic carbocycles. The largest absolute Gasteiger partial charge is 0.320 e. The first-order valence-electron chi connectivity index (χ1n) is 10.1. The Morgan fingerprint density at radius 2 is 1.79 bits per heavy atom. The third kappa shape index (κ3) is 5.10. The first-order valence-corrected chi connectivity index (χ1v) is 11.7. The summed E-state index contributed by atoms with van der Waals surface area (Å²) in [4.78, 5) is 27.9. The van der Waals surface area contributed by atoms with Crippen molar-refractivity contribution in [2.24, 2.45) is 0 Å². The predicted octanol–water partition coefficient (Wildman–Crippen LogP) is 6.20. The zero-order chi connectivity index (χ0) is 24.2. The van der Waals surface area contributed by atoms with Gasteiger partial charge in [0.05, 0.1) is 16.0 Å². The molecule has 1 fully saturated rings. The summed E-state index contributed by atoms with van der Waals surface area (Å²) in [6.45, 7) is 0. The topological polar surface area (TPSA) is 73.2 Å². The van der Waals surface area contributed by atoms with E-state index in [4.69, 9.17) is 23.2 Å². The van der Waals surface area contributed by atoms with Crippen LogP contribution in [0.5, 0.6) is 0 Å². The summed E-state index contributed by atoms with van der Waals surface area (Å²) in [6, 6.07) is 21.2. The number of para-hydroxylation sites is 1. The van der Waals surface area contributed by atoms with Crippen LogP contribution in [0.15, 0.2) is 83.4 Å². The Hall–Kier alpha value is -3.31. The maximum absolute atomic E-state index is 13.4. The van der Waals surface area contributed by atoms with Crippen molar-refractivity contribution in [3.8, 4) is 6.07 Å². The van der Waals surface area contributed by atoms with E-state index in [1.54, 1.807) is 48.5 Å². The summed E-state index contributed by atoms with van der Waals surface area (Å²) < 4.78 is 13.3. The lowest BCUT2D eigenvalue weighted by atomic mass is 10.1. The number of thioether (sulfide) groups is 1. The molecule has 3 aromatic rings. The molecule has 170 valence electrons. The monoisotopic (exact) mass is 511 g/mol. The number of benzene rings is 3. The van der Waals surface area contributed by atoms with Gasteiger partial charge in [-0.2, -0.15) is 5.26 Å². The van der Waals surface area contributed by atoms with Crippen molar-refractivity contribution in [3.05, 3.63) is 105 Å². The van der Waals surface area contributed by atoms with E-state index < -0.39 is 11.2 Å². The van der Waals surface area contributed by atoms with Crippen molar-refractivity contribution in [1.82, 2.24) is 0 Å². The first-order chi connectivity index (χ1) is 16.4. The van der Waals surface area contributed by atoms with Gasteiger partial charge < -0.3 is 5.32 Å². The number of halogens is 3. The molecule has 5 nitrogen and oxygen atoms in total. The van der Waals surface area contributed by atoms with Gasteiger partial charge in [-0.15, -0.1) is 0 Å². The van der Waals surface area contributed by atoms with E-state index in [0.717, 1.165) is 17.3 Å². The lowest BCUT2D eigenvalue weighted by molar-refractivity contribution is -0.117. The van der Waals surface area contributed by atoms with E-state index in [1.807, 2.05) is 6.07 Å². The molecular formula is C25H16Cl2FN3O2S. The van der Waals surface area contributed by atoms with Crippen LogP contribution in [0.4, 0.5) is 15.8 Å². The molecule has 0 saturated carbocycles. The highest BCUT2D eigenvalue weighted by molar-refractivity contribution is 8.05. The molecule has 1 aliphatic heterocycles. The molecule has 9 heteroatoms. The van der Waals surface area contributed by atoms with E-state index in [0.29, 0.717) is 17.1 Å².